The molecular weight excluding hydrogens is 244 g/mol. The quantitative estimate of drug-likeness (QED) is 0.625. The number of aryl methyl sites for hydroxylation is 3. The van der Waals surface area contributed by atoms with Crippen LogP contribution in [0, 0.1) is 17.0 Å². The molecule has 0 radical (unpaired) electrons. The topological polar surface area (TPSA) is 73.8 Å². The van der Waals surface area contributed by atoms with E-state index in [9.17, 15) is 10.1 Å². The first kappa shape index (κ1) is 13.2. The van der Waals surface area contributed by atoms with Crippen molar-refractivity contribution in [2.75, 3.05) is 0 Å². The average Bonchev–Trinajstić information content (AvgIpc) is 2.81. The number of hydrogen-bond donors (Lipinski definition) is 0. The summed E-state index contributed by atoms with van der Waals surface area (Å²) in [5, 5.41) is 15.2. The summed E-state index contributed by atoms with van der Waals surface area (Å²) < 4.78 is 1.78. The lowest BCUT2D eigenvalue weighted by Crippen LogP contribution is -2.06. The van der Waals surface area contributed by atoms with Crippen LogP contribution < -0.4 is 0 Å². The molecular formula is C13H16N4O2. The third kappa shape index (κ3) is 2.47. The minimum Gasteiger partial charge on any atom is -0.258 e. The van der Waals surface area contributed by atoms with E-state index >= 15 is 0 Å². The minimum absolute atomic E-state index is 0.00201. The molecule has 2 rings (SSSR count). The van der Waals surface area contributed by atoms with E-state index < -0.39 is 4.92 Å². The highest BCUT2D eigenvalue weighted by Gasteiger charge is 2.14. The minimum atomic E-state index is -0.439. The van der Waals surface area contributed by atoms with Crippen LogP contribution in [0.3, 0.4) is 0 Å². The first-order valence-corrected chi connectivity index (χ1v) is 6.26. The number of pyridine rings is 1. The monoisotopic (exact) mass is 260 g/mol. The van der Waals surface area contributed by atoms with E-state index in [4.69, 9.17) is 0 Å². The lowest BCUT2D eigenvalue weighted by molar-refractivity contribution is -0.385. The molecule has 0 N–H and O–H groups in total. The summed E-state index contributed by atoms with van der Waals surface area (Å²) in [5.74, 6) is 0.655. The maximum Gasteiger partial charge on any atom is 0.287 e. The van der Waals surface area contributed by atoms with Gasteiger partial charge in [-0.1, -0.05) is 13.8 Å². The molecule has 6 heteroatoms. The predicted octanol–water partition coefficient (Wildman–Crippen LogP) is 2.61. The predicted molar refractivity (Wildman–Crippen MR) is 71.5 cm³/mol. The Morgan fingerprint density at radius 1 is 1.32 bits per heavy atom. The van der Waals surface area contributed by atoms with Crippen molar-refractivity contribution in [2.45, 2.75) is 33.6 Å². The van der Waals surface area contributed by atoms with Crippen molar-refractivity contribution >= 4 is 5.69 Å². The van der Waals surface area contributed by atoms with Gasteiger partial charge in [0.1, 0.15) is 6.20 Å². The molecule has 2 aromatic rings. The molecule has 100 valence electrons. The SMILES string of the molecule is CCc1cc(CC)n(-c2ncc([N+](=O)[O-])cc2C)n1. The highest BCUT2D eigenvalue weighted by Crippen LogP contribution is 2.19. The van der Waals surface area contributed by atoms with Crippen LogP contribution in [0.15, 0.2) is 18.3 Å². The van der Waals surface area contributed by atoms with Crippen molar-refractivity contribution in [3.05, 3.63) is 45.4 Å². The molecule has 19 heavy (non-hydrogen) atoms. The van der Waals surface area contributed by atoms with Gasteiger partial charge in [-0.05, 0) is 25.8 Å². The van der Waals surface area contributed by atoms with Gasteiger partial charge in [0.25, 0.3) is 5.69 Å². The normalized spacial score (nSPS) is 10.7. The number of nitrogens with zero attached hydrogens (tertiary/aromatic N) is 4. The Bertz CT molecular complexity index is 619. The van der Waals surface area contributed by atoms with Crippen molar-refractivity contribution in [1.29, 1.82) is 0 Å². The highest BCUT2D eigenvalue weighted by molar-refractivity contribution is 5.41. The van der Waals surface area contributed by atoms with Crippen LogP contribution in [0.2, 0.25) is 0 Å². The zero-order valence-corrected chi connectivity index (χ0v) is 11.3. The van der Waals surface area contributed by atoms with Gasteiger partial charge in [0.15, 0.2) is 5.82 Å². The largest absolute Gasteiger partial charge is 0.287 e. The fourth-order valence-corrected chi connectivity index (χ4v) is 1.96. The second kappa shape index (κ2) is 5.17. The van der Waals surface area contributed by atoms with Crippen LogP contribution in [-0.2, 0) is 12.8 Å². The second-order valence-electron chi connectivity index (χ2n) is 4.34. The number of hydrogen-bond acceptors (Lipinski definition) is 4. The molecule has 0 aliphatic carbocycles. The van der Waals surface area contributed by atoms with Gasteiger partial charge in [0.2, 0.25) is 0 Å². The maximum atomic E-state index is 10.7. The molecule has 0 bridgehead atoms. The van der Waals surface area contributed by atoms with Gasteiger partial charge in [-0.25, -0.2) is 9.67 Å². The molecule has 6 nitrogen and oxygen atoms in total. The van der Waals surface area contributed by atoms with E-state index in [1.807, 2.05) is 26.8 Å². The zero-order chi connectivity index (χ0) is 14.0. The van der Waals surface area contributed by atoms with Gasteiger partial charge in [-0.3, -0.25) is 10.1 Å². The summed E-state index contributed by atoms with van der Waals surface area (Å²) in [6.07, 6.45) is 2.96. The standard InChI is InChI=1S/C13H16N4O2/c1-4-10-7-11(5-2)16(15-10)13-9(3)6-12(8-14-13)17(18)19/h6-8H,4-5H2,1-3H3. The van der Waals surface area contributed by atoms with Crippen molar-refractivity contribution in [1.82, 2.24) is 14.8 Å². The number of rotatable bonds is 4. The van der Waals surface area contributed by atoms with Crippen LogP contribution in [0.25, 0.3) is 5.82 Å². The van der Waals surface area contributed by atoms with Gasteiger partial charge < -0.3 is 0 Å². The highest BCUT2D eigenvalue weighted by atomic mass is 16.6. The summed E-state index contributed by atoms with van der Waals surface area (Å²) in [4.78, 5) is 14.5. The van der Waals surface area contributed by atoms with Crippen LogP contribution in [0.5, 0.6) is 0 Å². The van der Waals surface area contributed by atoms with Crippen LogP contribution in [0.1, 0.15) is 30.8 Å². The second-order valence-corrected chi connectivity index (χ2v) is 4.34. The lowest BCUT2D eigenvalue weighted by Gasteiger charge is -2.07. The van der Waals surface area contributed by atoms with E-state index in [2.05, 4.69) is 10.1 Å². The molecule has 0 unspecified atom stereocenters. The molecule has 0 saturated heterocycles. The maximum absolute atomic E-state index is 10.7. The molecule has 0 amide bonds. The van der Waals surface area contributed by atoms with Crippen molar-refractivity contribution < 1.29 is 4.92 Å². The molecule has 0 saturated carbocycles. The van der Waals surface area contributed by atoms with E-state index in [-0.39, 0.29) is 5.69 Å². The van der Waals surface area contributed by atoms with Gasteiger partial charge in [-0.2, -0.15) is 5.10 Å². The van der Waals surface area contributed by atoms with Crippen molar-refractivity contribution in [3.8, 4) is 5.82 Å². The first-order valence-electron chi connectivity index (χ1n) is 6.26. The molecule has 0 spiro atoms. The van der Waals surface area contributed by atoms with Crippen molar-refractivity contribution in [3.63, 3.8) is 0 Å². The van der Waals surface area contributed by atoms with E-state index in [0.29, 0.717) is 5.82 Å². The van der Waals surface area contributed by atoms with E-state index in [1.54, 1.807) is 4.68 Å². The first-order chi connectivity index (χ1) is 9.06. The molecule has 0 atom stereocenters. The smallest absolute Gasteiger partial charge is 0.258 e. The summed E-state index contributed by atoms with van der Waals surface area (Å²) in [5.41, 5.74) is 2.80. The fourth-order valence-electron chi connectivity index (χ4n) is 1.96. The van der Waals surface area contributed by atoms with Crippen LogP contribution >= 0.6 is 0 Å². The fraction of sp³-hybridized carbons (Fsp3) is 0.385. The molecule has 0 aliphatic rings. The third-order valence-electron chi connectivity index (χ3n) is 3.01. The number of aromatic nitrogens is 3. The van der Waals surface area contributed by atoms with E-state index in [1.165, 1.54) is 12.3 Å². The van der Waals surface area contributed by atoms with Crippen molar-refractivity contribution in [2.24, 2.45) is 0 Å². The molecule has 0 fully saturated rings. The van der Waals surface area contributed by atoms with Gasteiger partial charge in [0, 0.05) is 17.3 Å². The molecule has 2 aromatic heterocycles. The Morgan fingerprint density at radius 2 is 2.05 bits per heavy atom. The summed E-state index contributed by atoms with van der Waals surface area (Å²) in [6.45, 7) is 5.90. The molecule has 0 aliphatic heterocycles. The number of nitro groups is 1. The zero-order valence-electron chi connectivity index (χ0n) is 11.3. The molecule has 2 heterocycles. The Hall–Kier alpha value is -2.24. The Balaban J connectivity index is 2.52. The Kier molecular flexibility index (Phi) is 3.59. The summed E-state index contributed by atoms with van der Waals surface area (Å²) in [7, 11) is 0. The van der Waals surface area contributed by atoms with E-state index in [0.717, 1.165) is 29.8 Å². The average molecular weight is 260 g/mol. The Morgan fingerprint density at radius 3 is 2.58 bits per heavy atom. The van der Waals surface area contributed by atoms with Gasteiger partial charge in [0.05, 0.1) is 10.6 Å². The van der Waals surface area contributed by atoms with Gasteiger partial charge in [-0.15, -0.1) is 0 Å². The van der Waals surface area contributed by atoms with Crippen LogP contribution in [0.4, 0.5) is 5.69 Å². The summed E-state index contributed by atoms with van der Waals surface area (Å²) >= 11 is 0. The third-order valence-corrected chi connectivity index (χ3v) is 3.01. The summed E-state index contributed by atoms with van der Waals surface area (Å²) in [6, 6.07) is 3.57. The molecule has 0 aromatic carbocycles. The Labute approximate surface area is 111 Å². The lowest BCUT2D eigenvalue weighted by atomic mass is 10.2. The van der Waals surface area contributed by atoms with Gasteiger partial charge >= 0.3 is 0 Å². The van der Waals surface area contributed by atoms with Crippen LogP contribution in [-0.4, -0.2) is 19.7 Å².